The number of aromatic nitrogens is 5. The van der Waals surface area contributed by atoms with Gasteiger partial charge in [0.25, 0.3) is 6.33 Å². The van der Waals surface area contributed by atoms with Crippen molar-refractivity contribution in [1.29, 1.82) is 0 Å². The van der Waals surface area contributed by atoms with Crippen molar-refractivity contribution in [3.05, 3.63) is 364 Å². The smallest absolute Gasteiger partial charge is 0.268 e. The van der Waals surface area contributed by atoms with Gasteiger partial charge in [0.1, 0.15) is 5.82 Å². The molecular formula is C94H65N5OPt-2. The van der Waals surface area contributed by atoms with Crippen LogP contribution in [0, 0.1) is 18.5 Å². The van der Waals surface area contributed by atoms with Crippen molar-refractivity contribution >= 4 is 54.6 Å². The van der Waals surface area contributed by atoms with Crippen molar-refractivity contribution in [3.63, 3.8) is 0 Å². The van der Waals surface area contributed by atoms with Crippen molar-refractivity contribution in [2.24, 2.45) is 0 Å². The third-order valence-electron chi connectivity index (χ3n) is 19.5. The maximum absolute atomic E-state index is 7.01. The van der Waals surface area contributed by atoms with Gasteiger partial charge in [-0.2, -0.15) is 18.2 Å². The van der Waals surface area contributed by atoms with E-state index in [1.165, 1.54) is 21.9 Å². The Hall–Kier alpha value is -12.2. The summed E-state index contributed by atoms with van der Waals surface area (Å²) in [6, 6.07) is 127. The second kappa shape index (κ2) is 25.9. The van der Waals surface area contributed by atoms with E-state index in [4.69, 9.17) is 9.72 Å². The summed E-state index contributed by atoms with van der Waals surface area (Å²) >= 11 is 0. The van der Waals surface area contributed by atoms with E-state index in [-0.39, 0.29) is 26.5 Å². The Kier molecular flexibility index (Phi) is 16.0. The summed E-state index contributed by atoms with van der Waals surface area (Å²) in [7, 11) is 0. The second-order valence-electron chi connectivity index (χ2n) is 26.7. The summed E-state index contributed by atoms with van der Waals surface area (Å²) in [6.45, 7) is 6.73. The van der Waals surface area contributed by atoms with Crippen molar-refractivity contribution < 1.29 is 30.4 Å². The summed E-state index contributed by atoms with van der Waals surface area (Å²) in [5, 5.41) is 4.54. The summed E-state index contributed by atoms with van der Waals surface area (Å²) in [5.41, 5.74) is 25.6. The van der Waals surface area contributed by atoms with E-state index in [1.807, 2.05) is 24.4 Å². The van der Waals surface area contributed by atoms with Gasteiger partial charge in [0.05, 0.1) is 27.8 Å². The molecule has 0 spiro atoms. The summed E-state index contributed by atoms with van der Waals surface area (Å²) in [6.07, 6.45) is 5.89. The zero-order valence-corrected chi connectivity index (χ0v) is 58.1. The molecule has 0 fully saturated rings. The Bertz CT molecular complexity index is 5890. The quantitative estimate of drug-likeness (QED) is 0.0853. The van der Waals surface area contributed by atoms with Crippen LogP contribution in [0.3, 0.4) is 0 Å². The van der Waals surface area contributed by atoms with Gasteiger partial charge in [-0.05, 0) is 167 Å². The van der Waals surface area contributed by atoms with Gasteiger partial charge in [0.2, 0.25) is 0 Å². The molecule has 0 N–H and O–H groups in total. The number of nitrogens with zero attached hydrogens (tertiary/aromatic N) is 5. The Morgan fingerprint density at radius 3 is 1.48 bits per heavy atom. The minimum absolute atomic E-state index is 0. The SMILES string of the molecule is CC(C)(C)c1ccnc(-n2c3[c-]c(Oc4[c-]c(-n5[c-][n+](-c6c(-c7cc(-c8ccccc8)cc(-c8ccccc8)c7)cccc6-c6cc(-c7ccccc7)cc(-c7ccccc7)c6)c6ccccc65)ccc4)ccc3c3cc(-c4cccc5c6ccccc6n(-c6ccccc6)c45)ccc32)c1.[Pt]. The number of hydrogen-bond donors (Lipinski definition) is 0. The first kappa shape index (κ1) is 62.3. The molecule has 0 radical (unpaired) electrons. The largest absolute Gasteiger partial charge is 0.510 e. The molecule has 14 aromatic carbocycles. The molecule has 484 valence electrons. The van der Waals surface area contributed by atoms with Crippen LogP contribution in [0.2, 0.25) is 0 Å². The van der Waals surface area contributed by atoms with Gasteiger partial charge in [-0.15, -0.1) is 29.7 Å². The second-order valence-corrected chi connectivity index (χ2v) is 26.7. The number of imidazole rings is 1. The van der Waals surface area contributed by atoms with Crippen molar-refractivity contribution in [1.82, 2.24) is 18.7 Å². The number of rotatable bonds is 13. The molecule has 18 rings (SSSR count). The third kappa shape index (κ3) is 11.4. The van der Waals surface area contributed by atoms with E-state index in [0.29, 0.717) is 11.5 Å². The molecule has 0 saturated carbocycles. The molecule has 0 unspecified atom stereocenters. The maximum Gasteiger partial charge on any atom is 0.268 e. The van der Waals surface area contributed by atoms with Crippen LogP contribution in [-0.2, 0) is 26.5 Å². The first-order chi connectivity index (χ1) is 49.2. The van der Waals surface area contributed by atoms with Gasteiger partial charge >= 0.3 is 0 Å². The van der Waals surface area contributed by atoms with Crippen molar-refractivity contribution in [2.45, 2.75) is 26.2 Å². The Morgan fingerprint density at radius 2 is 0.861 bits per heavy atom. The van der Waals surface area contributed by atoms with E-state index in [2.05, 4.69) is 373 Å². The molecule has 7 heteroatoms. The zero-order chi connectivity index (χ0) is 66.8. The first-order valence-corrected chi connectivity index (χ1v) is 34.1. The molecule has 101 heavy (non-hydrogen) atoms. The van der Waals surface area contributed by atoms with Gasteiger partial charge in [0, 0.05) is 66.3 Å². The minimum Gasteiger partial charge on any atom is -0.510 e. The van der Waals surface area contributed by atoms with Crippen LogP contribution in [0.4, 0.5) is 0 Å². The maximum atomic E-state index is 7.01. The van der Waals surface area contributed by atoms with Crippen LogP contribution in [0.15, 0.2) is 340 Å². The molecule has 6 nitrogen and oxygen atoms in total. The number of fused-ring (bicyclic) bond motifs is 7. The van der Waals surface area contributed by atoms with E-state index >= 15 is 0 Å². The molecule has 0 aliphatic heterocycles. The summed E-state index contributed by atoms with van der Waals surface area (Å²) in [5.74, 6) is 1.89. The van der Waals surface area contributed by atoms with Crippen LogP contribution in [0.5, 0.6) is 11.5 Å². The van der Waals surface area contributed by atoms with E-state index in [9.17, 15) is 0 Å². The normalized spacial score (nSPS) is 11.6. The standard InChI is InChI=1S/C94H65N5O.Pt/c1-94(2,3)74-50-51-95-91(59-74)99-87-49-46-67(79-39-25-42-84-82-38-19-20-43-86(82)98(93(79)84)75-34-17-8-18-35-75)58-85(87)83-48-47-78(61-90(83)99)100-77-37-23-36-76(60-77)96-62-97(89-45-22-21-44-88(89)96)92-80(72-54-68(63-26-9-4-10-27-63)52-69(55-72)64-28-11-5-12-29-64)40-24-41-81(92)73-56-70(65-30-13-6-14-31-65)53-71(57-73)66-32-15-7-16-33-66;/h4-59H,1-3H3;/q-2;. The fourth-order valence-corrected chi connectivity index (χ4v) is 14.6. The molecule has 4 heterocycles. The van der Waals surface area contributed by atoms with Gasteiger partial charge in [-0.25, -0.2) is 4.98 Å². The van der Waals surface area contributed by atoms with Crippen molar-refractivity contribution in [3.8, 4) is 112 Å². The molecule has 0 aliphatic carbocycles. The van der Waals surface area contributed by atoms with E-state index in [0.717, 1.165) is 139 Å². The Balaban J connectivity index is 0.00000760. The average molecular weight is 1480 g/mol. The first-order valence-electron chi connectivity index (χ1n) is 34.1. The summed E-state index contributed by atoms with van der Waals surface area (Å²) < 4.78 is 16.0. The van der Waals surface area contributed by atoms with Crippen LogP contribution in [-0.4, -0.2) is 18.7 Å². The molecule has 0 bridgehead atoms. The number of para-hydroxylation sites is 6. The molecule has 18 aromatic rings. The number of benzene rings is 14. The van der Waals surface area contributed by atoms with Crippen molar-refractivity contribution in [2.75, 3.05) is 0 Å². The van der Waals surface area contributed by atoms with Crippen LogP contribution in [0.25, 0.3) is 155 Å². The van der Waals surface area contributed by atoms with Crippen LogP contribution < -0.4 is 9.30 Å². The molecular weight excluding hydrogens is 1410 g/mol. The van der Waals surface area contributed by atoms with Gasteiger partial charge in [0.15, 0.2) is 0 Å². The average Bonchev–Trinajstić information content (AvgIpc) is 1.60. The van der Waals surface area contributed by atoms with E-state index in [1.54, 1.807) is 0 Å². The third-order valence-corrected chi connectivity index (χ3v) is 19.5. The fourth-order valence-electron chi connectivity index (χ4n) is 14.6. The Labute approximate surface area is 601 Å². The van der Waals surface area contributed by atoms with E-state index < -0.39 is 0 Å². The minimum atomic E-state index is -0.117. The number of pyridine rings is 1. The summed E-state index contributed by atoms with van der Waals surface area (Å²) in [4.78, 5) is 5.09. The molecule has 0 aliphatic rings. The predicted octanol–water partition coefficient (Wildman–Crippen LogP) is 23.7. The van der Waals surface area contributed by atoms with Crippen LogP contribution in [0.1, 0.15) is 26.3 Å². The van der Waals surface area contributed by atoms with Crippen LogP contribution >= 0.6 is 0 Å². The number of ether oxygens (including phenoxy) is 1. The Morgan fingerprint density at radius 1 is 0.356 bits per heavy atom. The molecule has 0 amide bonds. The van der Waals surface area contributed by atoms with Gasteiger partial charge < -0.3 is 18.4 Å². The monoisotopic (exact) mass is 1470 g/mol. The van der Waals surface area contributed by atoms with Gasteiger partial charge in [-0.1, -0.05) is 257 Å². The molecule has 4 aromatic heterocycles. The topological polar surface area (TPSA) is 40.8 Å². The van der Waals surface area contributed by atoms with Gasteiger partial charge in [-0.3, -0.25) is 4.57 Å². The molecule has 0 atom stereocenters. The zero-order valence-electron chi connectivity index (χ0n) is 55.8. The fraction of sp³-hybridized carbons (Fsp3) is 0.0426. The predicted molar refractivity (Wildman–Crippen MR) is 411 cm³/mol. The number of hydrogen-bond acceptors (Lipinski definition) is 2. The molecule has 0 saturated heterocycles.